The molecule has 0 bridgehead atoms. The zero-order valence-corrected chi connectivity index (χ0v) is 19.2. The lowest BCUT2D eigenvalue weighted by Crippen LogP contribution is -2.31. The van der Waals surface area contributed by atoms with E-state index in [0.29, 0.717) is 11.5 Å². The molecule has 1 atom stereocenters. The fourth-order valence-electron chi connectivity index (χ4n) is 3.61. The molecule has 2 N–H and O–H groups in total. The zero-order valence-electron chi connectivity index (χ0n) is 18.4. The topological polar surface area (TPSA) is 93.7 Å². The molecule has 168 valence electrons. The molecular weight excluding hydrogens is 416 g/mol. The first kappa shape index (κ1) is 23.1. The van der Waals surface area contributed by atoms with E-state index in [2.05, 4.69) is 16.1 Å². The van der Waals surface area contributed by atoms with Gasteiger partial charge < -0.3 is 14.8 Å². The summed E-state index contributed by atoms with van der Waals surface area (Å²) in [6.45, 7) is 5.13. The number of rotatable bonds is 8. The van der Waals surface area contributed by atoms with Crippen molar-refractivity contribution in [1.82, 2.24) is 4.72 Å². The van der Waals surface area contributed by atoms with Crippen molar-refractivity contribution in [3.63, 3.8) is 0 Å². The van der Waals surface area contributed by atoms with Crippen LogP contribution in [0.25, 0.3) is 0 Å². The van der Waals surface area contributed by atoms with E-state index in [4.69, 9.17) is 9.47 Å². The third-order valence-electron chi connectivity index (χ3n) is 5.13. The summed E-state index contributed by atoms with van der Waals surface area (Å²) in [5.74, 6) is 0.605. The van der Waals surface area contributed by atoms with Gasteiger partial charge in [-0.1, -0.05) is 6.07 Å². The van der Waals surface area contributed by atoms with Gasteiger partial charge in [0, 0.05) is 6.04 Å². The van der Waals surface area contributed by atoms with Gasteiger partial charge in [-0.05, 0) is 87.9 Å². The van der Waals surface area contributed by atoms with Crippen molar-refractivity contribution in [1.29, 1.82) is 0 Å². The molecule has 0 unspecified atom stereocenters. The lowest BCUT2D eigenvalue weighted by molar-refractivity contribution is -0.122. The van der Waals surface area contributed by atoms with Crippen LogP contribution >= 0.6 is 0 Å². The highest BCUT2D eigenvalue weighted by Crippen LogP contribution is 2.29. The lowest BCUT2D eigenvalue weighted by Gasteiger charge is -2.20. The van der Waals surface area contributed by atoms with Crippen molar-refractivity contribution in [2.45, 2.75) is 63.5 Å². The van der Waals surface area contributed by atoms with E-state index in [1.165, 1.54) is 42.9 Å². The van der Waals surface area contributed by atoms with Crippen LogP contribution in [0.1, 0.15) is 44.7 Å². The molecule has 0 aromatic heterocycles. The van der Waals surface area contributed by atoms with Gasteiger partial charge in [0.1, 0.15) is 11.5 Å². The molecule has 1 aliphatic rings. The van der Waals surface area contributed by atoms with E-state index in [-0.39, 0.29) is 16.6 Å². The van der Waals surface area contributed by atoms with Gasteiger partial charge in [0.2, 0.25) is 10.0 Å². The van der Waals surface area contributed by atoms with Crippen LogP contribution in [0, 0.1) is 0 Å². The molecular formula is C23H30N2O5S. The fourth-order valence-corrected chi connectivity index (χ4v) is 4.88. The maximum absolute atomic E-state index is 12.8. The SMILES string of the molecule is COc1ccc(S(=O)(=O)NC(C)C)cc1NC(=O)[C@@H](C)Oc1ccc2c(c1)CCCC2. The molecule has 2 aromatic carbocycles. The number of anilines is 1. The zero-order chi connectivity index (χ0) is 22.6. The molecule has 0 fully saturated rings. The molecule has 0 saturated carbocycles. The molecule has 2 aromatic rings. The number of aryl methyl sites for hydroxylation is 2. The van der Waals surface area contributed by atoms with Crippen LogP contribution in [0.15, 0.2) is 41.3 Å². The minimum absolute atomic E-state index is 0.0422. The fraction of sp³-hybridized carbons (Fsp3) is 0.435. The van der Waals surface area contributed by atoms with Crippen LogP contribution in [0.3, 0.4) is 0 Å². The predicted molar refractivity (Wildman–Crippen MR) is 120 cm³/mol. The average Bonchev–Trinajstić information content (AvgIpc) is 2.72. The Labute approximate surface area is 184 Å². The van der Waals surface area contributed by atoms with Gasteiger partial charge in [-0.2, -0.15) is 0 Å². The lowest BCUT2D eigenvalue weighted by atomic mass is 9.92. The third-order valence-corrected chi connectivity index (χ3v) is 6.79. The van der Waals surface area contributed by atoms with E-state index < -0.39 is 22.0 Å². The number of amides is 1. The molecule has 1 amide bonds. The molecule has 0 spiro atoms. The number of nitrogens with one attached hydrogen (secondary N) is 2. The van der Waals surface area contributed by atoms with Crippen molar-refractivity contribution >= 4 is 21.6 Å². The van der Waals surface area contributed by atoms with E-state index >= 15 is 0 Å². The summed E-state index contributed by atoms with van der Waals surface area (Å²) in [6.07, 6.45) is 3.69. The van der Waals surface area contributed by atoms with Crippen LogP contribution in [0.2, 0.25) is 0 Å². The minimum atomic E-state index is -3.71. The van der Waals surface area contributed by atoms with Gasteiger partial charge in [0.25, 0.3) is 5.91 Å². The van der Waals surface area contributed by atoms with Crippen molar-refractivity contribution < 1.29 is 22.7 Å². The standard InChI is InChI=1S/C23H30N2O5S/c1-15(2)25-31(27,28)20-11-12-22(29-4)21(14-20)24-23(26)16(3)30-19-10-9-17-7-5-6-8-18(17)13-19/h9-16,25H,5-8H2,1-4H3,(H,24,26)/t16-/m1/s1. The summed E-state index contributed by atoms with van der Waals surface area (Å²) >= 11 is 0. The van der Waals surface area contributed by atoms with Crippen molar-refractivity contribution in [3.05, 3.63) is 47.5 Å². The molecule has 0 radical (unpaired) electrons. The molecule has 0 aliphatic heterocycles. The molecule has 3 rings (SSSR count). The predicted octanol–water partition coefficient (Wildman–Crippen LogP) is 3.67. The van der Waals surface area contributed by atoms with Crippen LogP contribution < -0.4 is 19.5 Å². The van der Waals surface area contributed by atoms with Crippen molar-refractivity contribution in [2.24, 2.45) is 0 Å². The van der Waals surface area contributed by atoms with Gasteiger partial charge >= 0.3 is 0 Å². The minimum Gasteiger partial charge on any atom is -0.495 e. The molecule has 7 nitrogen and oxygen atoms in total. The Bertz CT molecular complexity index is 1050. The van der Waals surface area contributed by atoms with E-state index in [1.807, 2.05) is 12.1 Å². The van der Waals surface area contributed by atoms with E-state index in [1.54, 1.807) is 20.8 Å². The molecule has 31 heavy (non-hydrogen) atoms. The third kappa shape index (κ3) is 5.77. The first-order valence-corrected chi connectivity index (χ1v) is 12.0. The smallest absolute Gasteiger partial charge is 0.265 e. The Hall–Kier alpha value is -2.58. The van der Waals surface area contributed by atoms with Gasteiger partial charge in [-0.3, -0.25) is 4.79 Å². The monoisotopic (exact) mass is 446 g/mol. The maximum atomic E-state index is 12.8. The number of fused-ring (bicyclic) bond motifs is 1. The molecule has 0 saturated heterocycles. The van der Waals surface area contributed by atoms with Gasteiger partial charge in [-0.15, -0.1) is 0 Å². The van der Waals surface area contributed by atoms with E-state index in [0.717, 1.165) is 19.3 Å². The first-order valence-electron chi connectivity index (χ1n) is 10.5. The Morgan fingerprint density at radius 2 is 1.71 bits per heavy atom. The number of methoxy groups -OCH3 is 1. The first-order chi connectivity index (χ1) is 14.7. The Morgan fingerprint density at radius 1 is 1.00 bits per heavy atom. The number of hydrogen-bond acceptors (Lipinski definition) is 5. The van der Waals surface area contributed by atoms with Gasteiger partial charge in [0.15, 0.2) is 6.10 Å². The number of ether oxygens (including phenoxy) is 2. The van der Waals surface area contributed by atoms with Crippen LogP contribution in [-0.2, 0) is 27.7 Å². The number of carbonyl (C=O) groups excluding carboxylic acids is 1. The Morgan fingerprint density at radius 3 is 2.39 bits per heavy atom. The molecule has 8 heteroatoms. The van der Waals surface area contributed by atoms with E-state index in [9.17, 15) is 13.2 Å². The largest absolute Gasteiger partial charge is 0.495 e. The summed E-state index contributed by atoms with van der Waals surface area (Å²) < 4.78 is 38.6. The highest BCUT2D eigenvalue weighted by molar-refractivity contribution is 7.89. The molecule has 0 heterocycles. The highest BCUT2D eigenvalue weighted by atomic mass is 32.2. The van der Waals surface area contributed by atoms with Gasteiger partial charge in [0.05, 0.1) is 17.7 Å². The number of benzene rings is 2. The van der Waals surface area contributed by atoms with Gasteiger partial charge in [-0.25, -0.2) is 13.1 Å². The average molecular weight is 447 g/mol. The highest BCUT2D eigenvalue weighted by Gasteiger charge is 2.21. The quantitative estimate of drug-likeness (QED) is 0.645. The Balaban J connectivity index is 1.75. The van der Waals surface area contributed by atoms with Crippen molar-refractivity contribution in [2.75, 3.05) is 12.4 Å². The summed E-state index contributed by atoms with van der Waals surface area (Å²) in [7, 11) is -2.25. The van der Waals surface area contributed by atoms with Crippen LogP contribution in [0.5, 0.6) is 11.5 Å². The number of carbonyl (C=O) groups is 1. The normalized spacial score (nSPS) is 14.6. The number of sulfonamides is 1. The van der Waals surface area contributed by atoms with Crippen molar-refractivity contribution in [3.8, 4) is 11.5 Å². The second kappa shape index (κ2) is 9.70. The van der Waals surface area contributed by atoms with Crippen LogP contribution in [-0.4, -0.2) is 33.6 Å². The summed E-state index contributed by atoms with van der Waals surface area (Å²) in [5.41, 5.74) is 2.88. The molecule has 1 aliphatic carbocycles. The summed E-state index contributed by atoms with van der Waals surface area (Å²) in [4.78, 5) is 12.8. The summed E-state index contributed by atoms with van der Waals surface area (Å²) in [5, 5.41) is 2.73. The van der Waals surface area contributed by atoms with Crippen LogP contribution in [0.4, 0.5) is 5.69 Å². The second-order valence-corrected chi connectivity index (χ2v) is 9.74. The maximum Gasteiger partial charge on any atom is 0.265 e. The second-order valence-electron chi connectivity index (χ2n) is 8.03. The number of hydrogen-bond donors (Lipinski definition) is 2. The summed E-state index contributed by atoms with van der Waals surface area (Å²) in [6, 6.07) is 10.0. The Kier molecular flexibility index (Phi) is 7.23.